The molecule has 11 heavy (non-hydrogen) atoms. The van der Waals surface area contributed by atoms with Gasteiger partial charge in [-0.05, 0) is 29.8 Å². The first-order valence-electron chi connectivity index (χ1n) is 3.14. The van der Waals surface area contributed by atoms with Crippen LogP contribution in [0.4, 0.5) is 0 Å². The van der Waals surface area contributed by atoms with Gasteiger partial charge in [0.2, 0.25) is 0 Å². The van der Waals surface area contributed by atoms with Crippen molar-refractivity contribution in [3.8, 4) is 5.75 Å². The monoisotopic (exact) mass is 211 g/mol. The Hall–Kier alpha value is -0.760. The molecule has 0 fully saturated rings. The fraction of sp³-hybridized carbons (Fsp3) is 0.111. The third-order valence-electron chi connectivity index (χ3n) is 1.31. The Morgan fingerprint density at radius 3 is 2.73 bits per heavy atom. The highest BCUT2D eigenvalue weighted by atomic mass is 79.9. The lowest BCUT2D eigenvalue weighted by atomic mass is 10.2. The van der Waals surface area contributed by atoms with Crippen molar-refractivity contribution in [1.29, 1.82) is 0 Å². The van der Waals surface area contributed by atoms with E-state index in [4.69, 9.17) is 4.74 Å². The van der Waals surface area contributed by atoms with Crippen molar-refractivity contribution in [1.82, 2.24) is 0 Å². The van der Waals surface area contributed by atoms with E-state index in [1.807, 2.05) is 18.2 Å². The van der Waals surface area contributed by atoms with Gasteiger partial charge in [-0.1, -0.05) is 22.5 Å². The van der Waals surface area contributed by atoms with Crippen LogP contribution in [0.1, 0.15) is 5.56 Å². The van der Waals surface area contributed by atoms with Gasteiger partial charge in [-0.25, -0.2) is 0 Å². The van der Waals surface area contributed by atoms with E-state index in [9.17, 15) is 0 Å². The van der Waals surface area contributed by atoms with Crippen LogP contribution in [0.5, 0.6) is 5.75 Å². The third kappa shape index (κ3) is 2.09. The minimum atomic E-state index is 0.811. The van der Waals surface area contributed by atoms with Crippen molar-refractivity contribution in [2.24, 2.45) is 0 Å². The minimum absolute atomic E-state index is 0.811. The molecule has 0 aliphatic heterocycles. The van der Waals surface area contributed by atoms with E-state index in [1.54, 1.807) is 7.11 Å². The molecule has 0 heterocycles. The first kappa shape index (κ1) is 8.34. The summed E-state index contributed by atoms with van der Waals surface area (Å²) in [6, 6.07) is 5.69. The summed E-state index contributed by atoms with van der Waals surface area (Å²) in [5.41, 5.74) is 0.927. The van der Waals surface area contributed by atoms with Gasteiger partial charge in [-0.2, -0.15) is 0 Å². The van der Waals surface area contributed by atoms with Gasteiger partial charge in [-0.3, -0.25) is 0 Å². The Kier molecular flexibility index (Phi) is 2.71. The average molecular weight is 212 g/mol. The molecule has 0 aliphatic rings. The predicted octanol–water partition coefficient (Wildman–Crippen LogP) is 2.79. The van der Waals surface area contributed by atoms with Crippen LogP contribution in [0, 0.1) is 6.08 Å². The van der Waals surface area contributed by atoms with Crippen molar-refractivity contribution >= 4 is 15.9 Å². The molecule has 1 aromatic carbocycles. The van der Waals surface area contributed by atoms with Crippen molar-refractivity contribution in [3.05, 3.63) is 40.9 Å². The summed E-state index contributed by atoms with van der Waals surface area (Å²) >= 11 is 3.35. The molecule has 0 unspecified atom stereocenters. The van der Waals surface area contributed by atoms with Gasteiger partial charge in [0.05, 0.1) is 7.11 Å². The number of rotatable bonds is 2. The molecule has 57 valence electrons. The largest absolute Gasteiger partial charge is 0.497 e. The third-order valence-corrected chi connectivity index (χ3v) is 1.77. The molecule has 1 radical (unpaired) electrons. The fourth-order valence-electron chi connectivity index (χ4n) is 0.783. The lowest BCUT2D eigenvalue weighted by Crippen LogP contribution is -1.83. The Morgan fingerprint density at radius 2 is 2.18 bits per heavy atom. The Bertz CT molecular complexity index is 268. The van der Waals surface area contributed by atoms with Crippen LogP contribution in [0.3, 0.4) is 0 Å². The lowest BCUT2D eigenvalue weighted by Gasteiger charge is -2.01. The Balaban J connectivity index is 3.11. The maximum absolute atomic E-state index is 5.04. The van der Waals surface area contributed by atoms with Gasteiger partial charge < -0.3 is 4.74 Å². The number of hydrogen-bond acceptors (Lipinski definition) is 1. The molecule has 1 nitrogen and oxygen atoms in total. The fourth-order valence-corrected chi connectivity index (χ4v) is 1.25. The van der Waals surface area contributed by atoms with E-state index < -0.39 is 0 Å². The number of benzene rings is 1. The molecule has 0 saturated carbocycles. The SMILES string of the molecule is C=[C]c1cc(Br)cc(OC)c1. The summed E-state index contributed by atoms with van der Waals surface area (Å²) in [5.74, 6) is 0.811. The highest BCUT2D eigenvalue weighted by Crippen LogP contribution is 2.20. The zero-order valence-electron chi connectivity index (χ0n) is 6.23. The van der Waals surface area contributed by atoms with Crippen LogP contribution in [0.2, 0.25) is 0 Å². The zero-order valence-corrected chi connectivity index (χ0v) is 7.81. The van der Waals surface area contributed by atoms with Gasteiger partial charge in [-0.15, -0.1) is 0 Å². The average Bonchev–Trinajstić information content (AvgIpc) is 2.03. The van der Waals surface area contributed by atoms with Gasteiger partial charge in [0.1, 0.15) is 5.75 Å². The summed E-state index contributed by atoms with van der Waals surface area (Å²) in [7, 11) is 1.63. The second-order valence-electron chi connectivity index (χ2n) is 2.06. The summed E-state index contributed by atoms with van der Waals surface area (Å²) < 4.78 is 6.01. The number of hydrogen-bond donors (Lipinski definition) is 0. The molecule has 0 aromatic heterocycles. The first-order chi connectivity index (χ1) is 5.26. The topological polar surface area (TPSA) is 9.23 Å². The van der Waals surface area contributed by atoms with Gasteiger partial charge in [0.25, 0.3) is 0 Å². The molecule has 0 spiro atoms. The van der Waals surface area contributed by atoms with Crippen LogP contribution < -0.4 is 4.74 Å². The van der Waals surface area contributed by atoms with E-state index in [-0.39, 0.29) is 0 Å². The van der Waals surface area contributed by atoms with Gasteiger partial charge in [0, 0.05) is 4.47 Å². The second-order valence-corrected chi connectivity index (χ2v) is 2.97. The highest BCUT2D eigenvalue weighted by Gasteiger charge is 1.95. The molecule has 0 atom stereocenters. The molecule has 0 aliphatic carbocycles. The normalized spacial score (nSPS) is 9.27. The summed E-state index contributed by atoms with van der Waals surface area (Å²) in [6.45, 7) is 3.55. The second kappa shape index (κ2) is 3.58. The lowest BCUT2D eigenvalue weighted by molar-refractivity contribution is 0.414. The number of methoxy groups -OCH3 is 1. The predicted molar refractivity (Wildman–Crippen MR) is 48.7 cm³/mol. The molecule has 0 N–H and O–H groups in total. The number of halogens is 1. The Labute approximate surface area is 74.8 Å². The quantitative estimate of drug-likeness (QED) is 0.732. The van der Waals surface area contributed by atoms with E-state index in [0.717, 1.165) is 15.8 Å². The molecular formula is C9H8BrO. The van der Waals surface area contributed by atoms with Gasteiger partial charge in [0.15, 0.2) is 0 Å². The van der Waals surface area contributed by atoms with E-state index >= 15 is 0 Å². The maximum Gasteiger partial charge on any atom is 0.120 e. The summed E-state index contributed by atoms with van der Waals surface area (Å²) in [6.07, 6.45) is 2.78. The molecule has 0 bridgehead atoms. The van der Waals surface area contributed by atoms with Crippen LogP contribution >= 0.6 is 15.9 Å². The van der Waals surface area contributed by atoms with Crippen molar-refractivity contribution in [3.63, 3.8) is 0 Å². The zero-order chi connectivity index (χ0) is 8.27. The van der Waals surface area contributed by atoms with Crippen LogP contribution in [0.25, 0.3) is 0 Å². The maximum atomic E-state index is 5.04. The van der Waals surface area contributed by atoms with E-state index in [0.29, 0.717) is 0 Å². The van der Waals surface area contributed by atoms with Crippen LogP contribution in [-0.2, 0) is 0 Å². The van der Waals surface area contributed by atoms with E-state index in [1.165, 1.54) is 0 Å². The Morgan fingerprint density at radius 1 is 1.45 bits per heavy atom. The summed E-state index contributed by atoms with van der Waals surface area (Å²) in [4.78, 5) is 0. The molecular weight excluding hydrogens is 204 g/mol. The molecule has 0 saturated heterocycles. The summed E-state index contributed by atoms with van der Waals surface area (Å²) in [5, 5.41) is 0. The number of ether oxygens (including phenoxy) is 1. The minimum Gasteiger partial charge on any atom is -0.497 e. The molecule has 1 rings (SSSR count). The van der Waals surface area contributed by atoms with Crippen molar-refractivity contribution in [2.75, 3.05) is 7.11 Å². The van der Waals surface area contributed by atoms with Crippen molar-refractivity contribution in [2.45, 2.75) is 0 Å². The van der Waals surface area contributed by atoms with Crippen LogP contribution in [-0.4, -0.2) is 7.11 Å². The molecule has 0 amide bonds. The standard InChI is InChI=1S/C9H8BrO/c1-3-7-4-8(10)6-9(5-7)11-2/h4-6H,1H2,2H3. The molecule has 2 heteroatoms. The first-order valence-corrected chi connectivity index (χ1v) is 3.93. The van der Waals surface area contributed by atoms with Crippen LogP contribution in [0.15, 0.2) is 29.3 Å². The smallest absolute Gasteiger partial charge is 0.120 e. The molecule has 1 aromatic rings. The highest BCUT2D eigenvalue weighted by molar-refractivity contribution is 9.10. The van der Waals surface area contributed by atoms with Gasteiger partial charge >= 0.3 is 0 Å². The van der Waals surface area contributed by atoms with E-state index in [2.05, 4.69) is 28.6 Å². The van der Waals surface area contributed by atoms with Crippen molar-refractivity contribution < 1.29 is 4.74 Å².